The zero-order valence-electron chi connectivity index (χ0n) is 27.0. The van der Waals surface area contributed by atoms with Gasteiger partial charge in [0.1, 0.15) is 0 Å². The third-order valence-corrected chi connectivity index (χ3v) is 4.79. The van der Waals surface area contributed by atoms with Crippen molar-refractivity contribution in [1.29, 1.82) is 0 Å². The van der Waals surface area contributed by atoms with E-state index in [4.69, 9.17) is 0 Å². The number of carbonyl (C=O) groups excluding carboxylic acids is 1. The first-order valence-electron chi connectivity index (χ1n) is 14.2. The number of nitrogens with zero attached hydrogens (tertiary/aromatic N) is 1. The molecule has 0 saturated heterocycles. The lowest BCUT2D eigenvalue weighted by Gasteiger charge is -2.18. The van der Waals surface area contributed by atoms with Crippen molar-refractivity contribution < 1.29 is 4.79 Å². The number of hydrogen-bond acceptors (Lipinski definition) is 5. The first kappa shape index (κ1) is 43.7. The smallest absolute Gasteiger partial charge is 0.251 e. The lowest BCUT2D eigenvalue weighted by molar-refractivity contribution is -0.123. The number of nitrogens with two attached hydrogens (primary N) is 1. The molecule has 0 bridgehead atoms. The van der Waals surface area contributed by atoms with E-state index in [2.05, 4.69) is 127 Å². The van der Waals surface area contributed by atoms with Crippen molar-refractivity contribution in [3.63, 3.8) is 0 Å². The van der Waals surface area contributed by atoms with Gasteiger partial charge >= 0.3 is 0 Å². The van der Waals surface area contributed by atoms with Crippen LogP contribution in [0.25, 0.3) is 0 Å². The Kier molecular flexibility index (Phi) is 34.8. The number of rotatable bonds is 11. The van der Waals surface area contributed by atoms with E-state index in [0.29, 0.717) is 13.1 Å². The molecule has 1 unspecified atom stereocenters. The predicted octanol–water partition coefficient (Wildman–Crippen LogP) is 7.57. The molecule has 2 rings (SSSR count). The maximum atomic E-state index is 11.3. The van der Waals surface area contributed by atoms with E-state index >= 15 is 0 Å². The van der Waals surface area contributed by atoms with Crippen LogP contribution >= 0.6 is 0 Å². The van der Waals surface area contributed by atoms with Crippen molar-refractivity contribution in [3.05, 3.63) is 105 Å². The summed E-state index contributed by atoms with van der Waals surface area (Å²) in [5.41, 5.74) is 9.59. The molecular weight excluding hydrogens is 494 g/mol. The summed E-state index contributed by atoms with van der Waals surface area (Å²) >= 11 is 0. The third-order valence-electron chi connectivity index (χ3n) is 4.79. The highest BCUT2D eigenvalue weighted by Crippen LogP contribution is 2.14. The number of anilines is 1. The standard InChI is InChI=1S/C13H20N2.C12H16N2O.2C3H8.C2H4.CH5N/c1-5-12-6-8-13(9-7-12)15-11(3)10(2)14-4;1-4-8-13-10(2)7-9-14-11(3)5-6-12(14)15;2*1-3-2;2*1-2/h6-10,14-15H,3,5H2,1-2,4H3;4-6,13H,1-3,7-9H2;2*3H2,1-2H3;1-2H2;2H2,1H3. The number of likely N-dealkylation sites (N-methyl/N-ethyl adjacent to an activating group) is 1. The van der Waals surface area contributed by atoms with Gasteiger partial charge in [0, 0.05) is 54.4 Å². The summed E-state index contributed by atoms with van der Waals surface area (Å²) in [5.74, 6) is -0.00322. The highest BCUT2D eigenvalue weighted by atomic mass is 16.2. The van der Waals surface area contributed by atoms with Crippen LogP contribution in [0.1, 0.15) is 66.4 Å². The minimum Gasteiger partial charge on any atom is -0.385 e. The number of amides is 1. The molecule has 6 nitrogen and oxygen atoms in total. The Hall–Kier alpha value is -3.35. The third kappa shape index (κ3) is 23.7. The molecule has 1 aliphatic heterocycles. The van der Waals surface area contributed by atoms with Gasteiger partial charge < -0.3 is 26.6 Å². The molecule has 0 spiro atoms. The number of carbonyl (C=O) groups is 1. The molecule has 228 valence electrons. The molecule has 1 aromatic rings. The molecule has 0 radical (unpaired) electrons. The van der Waals surface area contributed by atoms with Crippen LogP contribution in [0.4, 0.5) is 5.69 Å². The number of allylic oxidation sites excluding steroid dienone is 1. The van der Waals surface area contributed by atoms with Gasteiger partial charge in [0.05, 0.1) is 0 Å². The Bertz CT molecular complexity index is 807. The molecule has 5 N–H and O–H groups in total. The largest absolute Gasteiger partial charge is 0.385 e. The van der Waals surface area contributed by atoms with Gasteiger partial charge in [0.15, 0.2) is 0 Å². The van der Waals surface area contributed by atoms with Gasteiger partial charge in [0.25, 0.3) is 5.91 Å². The summed E-state index contributed by atoms with van der Waals surface area (Å²) in [6.07, 6.45) is 9.33. The lowest BCUT2D eigenvalue weighted by atomic mass is 10.1. The summed E-state index contributed by atoms with van der Waals surface area (Å²) in [6.45, 7) is 35.3. The molecule has 40 heavy (non-hydrogen) atoms. The quantitative estimate of drug-likeness (QED) is 0.212. The van der Waals surface area contributed by atoms with Gasteiger partial charge in [-0.15, -0.1) is 19.7 Å². The van der Waals surface area contributed by atoms with E-state index in [1.807, 2.05) is 7.05 Å². The summed E-state index contributed by atoms with van der Waals surface area (Å²) in [7, 11) is 3.43. The minimum absolute atomic E-state index is 0.00322. The van der Waals surface area contributed by atoms with E-state index in [-0.39, 0.29) is 11.9 Å². The van der Waals surface area contributed by atoms with E-state index in [9.17, 15) is 4.79 Å². The number of aryl methyl sites for hydroxylation is 1. The van der Waals surface area contributed by atoms with E-state index in [0.717, 1.165) is 35.6 Å². The van der Waals surface area contributed by atoms with Crippen LogP contribution in [0.5, 0.6) is 0 Å². The van der Waals surface area contributed by atoms with Crippen LogP contribution in [0.15, 0.2) is 99.1 Å². The zero-order chi connectivity index (χ0) is 31.9. The molecule has 0 aliphatic carbocycles. The fourth-order valence-electron chi connectivity index (χ4n) is 2.59. The van der Waals surface area contributed by atoms with Crippen molar-refractivity contribution in [1.82, 2.24) is 15.5 Å². The summed E-state index contributed by atoms with van der Waals surface area (Å²) in [6, 6.07) is 8.73. The fraction of sp³-hybridized carbons (Fsp3) is 0.441. The van der Waals surface area contributed by atoms with Crippen LogP contribution in [0, 0.1) is 0 Å². The minimum atomic E-state index is -0.00322. The molecule has 0 aromatic heterocycles. The molecule has 0 fully saturated rings. The van der Waals surface area contributed by atoms with Gasteiger partial charge in [0.2, 0.25) is 0 Å². The molecule has 1 heterocycles. The van der Waals surface area contributed by atoms with Gasteiger partial charge in [-0.3, -0.25) is 4.79 Å². The zero-order valence-corrected chi connectivity index (χ0v) is 27.0. The van der Waals surface area contributed by atoms with Crippen LogP contribution < -0.4 is 21.7 Å². The van der Waals surface area contributed by atoms with Crippen LogP contribution in [0.3, 0.4) is 0 Å². The normalized spacial score (nSPS) is 11.2. The molecule has 1 aliphatic rings. The van der Waals surface area contributed by atoms with Crippen molar-refractivity contribution in [3.8, 4) is 0 Å². The van der Waals surface area contributed by atoms with Crippen molar-refractivity contribution in [2.24, 2.45) is 5.73 Å². The highest BCUT2D eigenvalue weighted by Gasteiger charge is 2.17. The fourth-order valence-corrected chi connectivity index (χ4v) is 2.59. The maximum Gasteiger partial charge on any atom is 0.251 e. The second-order valence-electron chi connectivity index (χ2n) is 8.46. The Morgan fingerprint density at radius 1 is 1.00 bits per heavy atom. The van der Waals surface area contributed by atoms with Gasteiger partial charge in [-0.1, -0.05) is 85.4 Å². The van der Waals surface area contributed by atoms with Crippen molar-refractivity contribution >= 4 is 11.6 Å². The summed E-state index contributed by atoms with van der Waals surface area (Å²) in [5, 5.41) is 9.52. The van der Waals surface area contributed by atoms with Crippen molar-refractivity contribution in [2.75, 3.05) is 32.5 Å². The highest BCUT2D eigenvalue weighted by molar-refractivity contribution is 5.93. The average molecular weight is 556 g/mol. The van der Waals surface area contributed by atoms with Gasteiger partial charge in [-0.05, 0) is 51.2 Å². The maximum absolute atomic E-state index is 11.3. The topological polar surface area (TPSA) is 82.4 Å². The van der Waals surface area contributed by atoms with Crippen LogP contribution in [0.2, 0.25) is 0 Å². The molecular formula is C34H61N5O. The molecule has 1 amide bonds. The van der Waals surface area contributed by atoms with Crippen LogP contribution in [-0.2, 0) is 11.2 Å². The molecule has 0 saturated carbocycles. The number of benzene rings is 1. The van der Waals surface area contributed by atoms with Crippen LogP contribution in [-0.4, -0.2) is 44.0 Å². The number of hydrogen-bond donors (Lipinski definition) is 4. The first-order chi connectivity index (χ1) is 19.1. The summed E-state index contributed by atoms with van der Waals surface area (Å²) in [4.78, 5) is 13.0. The second kappa shape index (κ2) is 31.9. The molecule has 1 atom stereocenters. The summed E-state index contributed by atoms with van der Waals surface area (Å²) < 4.78 is 0. The Labute approximate surface area is 247 Å². The Morgan fingerprint density at radius 2 is 1.50 bits per heavy atom. The van der Waals surface area contributed by atoms with E-state index < -0.39 is 0 Å². The SMILES string of the molecule is C=C.C=C(Nc1ccc(CC)cc1)C(C)NC.C=CCNC(=C)CCN1C(=C)C=CC1=O.CCC.CCC.CN. The average Bonchev–Trinajstić information content (AvgIpc) is 3.30. The van der Waals surface area contributed by atoms with Gasteiger partial charge in [-0.25, -0.2) is 0 Å². The lowest BCUT2D eigenvalue weighted by Crippen LogP contribution is -2.26. The first-order valence-corrected chi connectivity index (χ1v) is 14.2. The monoisotopic (exact) mass is 555 g/mol. The Morgan fingerprint density at radius 3 is 1.88 bits per heavy atom. The van der Waals surface area contributed by atoms with Crippen molar-refractivity contribution in [2.45, 2.75) is 73.3 Å². The predicted molar refractivity (Wildman–Crippen MR) is 182 cm³/mol. The second-order valence-corrected chi connectivity index (χ2v) is 8.46. The Balaban J connectivity index is -0.000000245. The number of nitrogens with one attached hydrogen (secondary N) is 3. The van der Waals surface area contributed by atoms with Gasteiger partial charge in [-0.2, -0.15) is 0 Å². The molecule has 6 heteroatoms. The van der Waals surface area contributed by atoms with E-state index in [1.165, 1.54) is 31.5 Å². The molecule has 1 aromatic carbocycles. The van der Waals surface area contributed by atoms with E-state index in [1.54, 1.807) is 17.1 Å².